The van der Waals surface area contributed by atoms with Gasteiger partial charge in [0.25, 0.3) is 0 Å². The Bertz CT molecular complexity index is 753. The van der Waals surface area contributed by atoms with Crippen LogP contribution < -0.4 is 4.74 Å². The fraction of sp³-hybridized carbons (Fsp3) is 0.409. The fourth-order valence-corrected chi connectivity index (χ4v) is 4.23. The van der Waals surface area contributed by atoms with Crippen LogP contribution in [0.1, 0.15) is 40.2 Å². The molecule has 1 saturated carbocycles. The first-order chi connectivity index (χ1) is 11.9. The van der Waals surface area contributed by atoms with Crippen LogP contribution in [0.5, 0.6) is 5.75 Å². The Morgan fingerprint density at radius 2 is 1.68 bits per heavy atom. The number of rotatable bonds is 4. The van der Waals surface area contributed by atoms with E-state index in [9.17, 15) is 9.90 Å². The van der Waals surface area contributed by atoms with Crippen molar-refractivity contribution in [2.24, 2.45) is 5.92 Å². The van der Waals surface area contributed by atoms with Gasteiger partial charge in [-0.2, -0.15) is 0 Å². The first kappa shape index (κ1) is 17.7. The summed E-state index contributed by atoms with van der Waals surface area (Å²) in [6, 6.07) is 12.0. The van der Waals surface area contributed by atoms with Crippen LogP contribution in [-0.2, 0) is 11.2 Å². The van der Waals surface area contributed by atoms with Crippen molar-refractivity contribution in [3.05, 3.63) is 64.2 Å². The minimum Gasteiger partial charge on any atom is -0.497 e. The standard InChI is InChI=1S/C22H26O3/c1-13-9-14(2)20(15(3)10-13)21-19(23)12-17(22(21)24)11-16-5-7-18(25-4)8-6-16/h5-10,17,19,21,23H,11-12H2,1-4H3. The summed E-state index contributed by atoms with van der Waals surface area (Å²) in [5, 5.41) is 10.6. The van der Waals surface area contributed by atoms with Crippen LogP contribution in [0.4, 0.5) is 0 Å². The van der Waals surface area contributed by atoms with Gasteiger partial charge in [-0.05, 0) is 68.0 Å². The summed E-state index contributed by atoms with van der Waals surface area (Å²) in [6.07, 6.45) is 0.596. The van der Waals surface area contributed by atoms with Crippen LogP contribution in [0.2, 0.25) is 0 Å². The van der Waals surface area contributed by atoms with Gasteiger partial charge in [0.2, 0.25) is 0 Å². The first-order valence-corrected chi connectivity index (χ1v) is 8.83. The first-order valence-electron chi connectivity index (χ1n) is 8.83. The fourth-order valence-electron chi connectivity index (χ4n) is 4.23. The van der Waals surface area contributed by atoms with Crippen LogP contribution in [0.15, 0.2) is 36.4 Å². The maximum atomic E-state index is 13.0. The van der Waals surface area contributed by atoms with Crippen molar-refractivity contribution < 1.29 is 14.6 Å². The quantitative estimate of drug-likeness (QED) is 0.920. The van der Waals surface area contributed by atoms with Crippen LogP contribution >= 0.6 is 0 Å². The number of aryl methyl sites for hydroxylation is 3. The molecule has 1 N–H and O–H groups in total. The molecule has 0 spiro atoms. The molecule has 3 atom stereocenters. The van der Waals surface area contributed by atoms with E-state index in [2.05, 4.69) is 19.1 Å². The number of hydrogen-bond donors (Lipinski definition) is 1. The van der Waals surface area contributed by atoms with E-state index in [0.717, 1.165) is 28.0 Å². The smallest absolute Gasteiger partial charge is 0.146 e. The van der Waals surface area contributed by atoms with Gasteiger partial charge in [0, 0.05) is 5.92 Å². The summed E-state index contributed by atoms with van der Waals surface area (Å²) in [4.78, 5) is 13.0. The van der Waals surface area contributed by atoms with E-state index in [1.807, 2.05) is 38.1 Å². The Balaban J connectivity index is 1.84. The summed E-state index contributed by atoms with van der Waals surface area (Å²) in [5.74, 6) is 0.445. The van der Waals surface area contributed by atoms with Gasteiger partial charge in [-0.25, -0.2) is 0 Å². The zero-order valence-electron chi connectivity index (χ0n) is 15.4. The zero-order valence-corrected chi connectivity index (χ0v) is 15.4. The number of aliphatic hydroxyl groups excluding tert-OH is 1. The number of Topliss-reactive ketones (excluding diaryl/α,β-unsaturated/α-hetero) is 1. The maximum Gasteiger partial charge on any atom is 0.146 e. The Kier molecular flexibility index (Phi) is 4.96. The molecule has 2 aromatic carbocycles. The molecule has 0 amide bonds. The highest BCUT2D eigenvalue weighted by Crippen LogP contribution is 2.40. The van der Waals surface area contributed by atoms with E-state index in [-0.39, 0.29) is 11.7 Å². The molecule has 1 aliphatic carbocycles. The Morgan fingerprint density at radius 1 is 1.08 bits per heavy atom. The number of carbonyl (C=O) groups is 1. The van der Waals surface area contributed by atoms with Gasteiger partial charge in [0.05, 0.1) is 19.1 Å². The van der Waals surface area contributed by atoms with E-state index in [1.54, 1.807) is 7.11 Å². The monoisotopic (exact) mass is 338 g/mol. The number of aliphatic hydroxyl groups is 1. The third-order valence-corrected chi connectivity index (χ3v) is 5.31. The van der Waals surface area contributed by atoms with Gasteiger partial charge < -0.3 is 9.84 Å². The molecule has 25 heavy (non-hydrogen) atoms. The number of ketones is 1. The molecule has 3 nitrogen and oxygen atoms in total. The summed E-state index contributed by atoms with van der Waals surface area (Å²) in [5.41, 5.74) is 5.50. The number of methoxy groups -OCH3 is 1. The van der Waals surface area contributed by atoms with Crippen molar-refractivity contribution in [3.63, 3.8) is 0 Å². The lowest BCUT2D eigenvalue weighted by molar-refractivity contribution is -0.122. The minimum absolute atomic E-state index is 0.131. The van der Waals surface area contributed by atoms with E-state index in [4.69, 9.17) is 4.74 Å². The van der Waals surface area contributed by atoms with Crippen LogP contribution in [0.3, 0.4) is 0 Å². The van der Waals surface area contributed by atoms with Crippen LogP contribution in [-0.4, -0.2) is 24.1 Å². The lowest BCUT2D eigenvalue weighted by Gasteiger charge is -2.19. The van der Waals surface area contributed by atoms with E-state index >= 15 is 0 Å². The van der Waals surface area contributed by atoms with Crippen molar-refractivity contribution in [1.82, 2.24) is 0 Å². The molecule has 3 rings (SSSR count). The molecule has 3 unspecified atom stereocenters. The highest BCUT2D eigenvalue weighted by molar-refractivity contribution is 5.91. The molecule has 1 aliphatic rings. The van der Waals surface area contributed by atoms with Crippen molar-refractivity contribution >= 4 is 5.78 Å². The predicted molar refractivity (Wildman–Crippen MR) is 99.2 cm³/mol. The average molecular weight is 338 g/mol. The third kappa shape index (κ3) is 3.47. The summed E-state index contributed by atoms with van der Waals surface area (Å²) < 4.78 is 5.18. The highest BCUT2D eigenvalue weighted by Gasteiger charge is 2.43. The summed E-state index contributed by atoms with van der Waals surface area (Å²) >= 11 is 0. The molecule has 0 bridgehead atoms. The Morgan fingerprint density at radius 3 is 2.24 bits per heavy atom. The van der Waals surface area contributed by atoms with Crippen molar-refractivity contribution in [2.75, 3.05) is 7.11 Å². The topological polar surface area (TPSA) is 46.5 Å². The van der Waals surface area contributed by atoms with Gasteiger partial charge in [0.1, 0.15) is 11.5 Å². The number of hydrogen-bond acceptors (Lipinski definition) is 3. The zero-order chi connectivity index (χ0) is 18.1. The molecular weight excluding hydrogens is 312 g/mol. The third-order valence-electron chi connectivity index (χ3n) is 5.31. The van der Waals surface area contributed by atoms with Crippen molar-refractivity contribution in [2.45, 2.75) is 45.6 Å². The molecule has 0 aliphatic heterocycles. The SMILES string of the molecule is COc1ccc(CC2CC(O)C(c3c(C)cc(C)cc3C)C2=O)cc1. The maximum absolute atomic E-state index is 13.0. The van der Waals surface area contributed by atoms with Gasteiger partial charge in [-0.15, -0.1) is 0 Å². The van der Waals surface area contributed by atoms with Crippen LogP contribution in [0.25, 0.3) is 0 Å². The second-order valence-electron chi connectivity index (χ2n) is 7.24. The average Bonchev–Trinajstić information content (AvgIpc) is 2.82. The second kappa shape index (κ2) is 7.01. The van der Waals surface area contributed by atoms with Crippen LogP contribution in [0, 0.1) is 26.7 Å². The molecule has 1 fully saturated rings. The molecule has 2 aromatic rings. The summed E-state index contributed by atoms with van der Waals surface area (Å²) in [7, 11) is 1.64. The van der Waals surface area contributed by atoms with E-state index in [0.29, 0.717) is 12.8 Å². The van der Waals surface area contributed by atoms with E-state index < -0.39 is 12.0 Å². The normalized spacial score (nSPS) is 23.1. The molecular formula is C22H26O3. The number of ether oxygens (including phenoxy) is 1. The van der Waals surface area contributed by atoms with Gasteiger partial charge in [0.15, 0.2) is 0 Å². The molecule has 0 saturated heterocycles. The molecule has 3 heteroatoms. The van der Waals surface area contributed by atoms with Gasteiger partial charge in [-0.3, -0.25) is 4.79 Å². The van der Waals surface area contributed by atoms with Gasteiger partial charge >= 0.3 is 0 Å². The minimum atomic E-state index is -0.601. The van der Waals surface area contributed by atoms with Crippen molar-refractivity contribution in [1.29, 1.82) is 0 Å². The van der Waals surface area contributed by atoms with E-state index in [1.165, 1.54) is 5.56 Å². The summed E-state index contributed by atoms with van der Waals surface area (Å²) in [6.45, 7) is 6.13. The number of carbonyl (C=O) groups excluding carboxylic acids is 1. The Labute approximate surface area is 149 Å². The number of benzene rings is 2. The Hall–Kier alpha value is -2.13. The van der Waals surface area contributed by atoms with Gasteiger partial charge in [-0.1, -0.05) is 29.8 Å². The lowest BCUT2D eigenvalue weighted by Crippen LogP contribution is -2.21. The molecule has 0 aromatic heterocycles. The van der Waals surface area contributed by atoms with Crippen molar-refractivity contribution in [3.8, 4) is 5.75 Å². The largest absolute Gasteiger partial charge is 0.497 e. The second-order valence-corrected chi connectivity index (χ2v) is 7.24. The molecule has 132 valence electrons. The molecule has 0 heterocycles. The molecule has 0 radical (unpaired) electrons. The predicted octanol–water partition coefficient (Wildman–Crippen LogP) is 3.90. The lowest BCUT2D eigenvalue weighted by atomic mass is 9.85. The highest BCUT2D eigenvalue weighted by atomic mass is 16.5.